The molecule has 0 aliphatic heterocycles. The van der Waals surface area contributed by atoms with Crippen molar-refractivity contribution in [2.24, 2.45) is 0 Å². The molecule has 0 unspecified atom stereocenters. The van der Waals surface area contributed by atoms with Crippen LogP contribution in [0.1, 0.15) is 0 Å². The van der Waals surface area contributed by atoms with E-state index >= 15 is 0 Å². The van der Waals surface area contributed by atoms with Crippen LogP contribution in [0.3, 0.4) is 0 Å². The van der Waals surface area contributed by atoms with E-state index < -0.39 is 0 Å². The Labute approximate surface area is 53.5 Å². The van der Waals surface area contributed by atoms with Crippen LogP contribution in [0.5, 0.6) is 0 Å². The van der Waals surface area contributed by atoms with Crippen molar-refractivity contribution < 1.29 is 0 Å². The Kier molecular flexibility index (Phi) is 9.08. The topological polar surface area (TPSA) is 3.24 Å². The molecule has 0 heterocycles. The average molecular weight is 268 g/mol. The summed E-state index contributed by atoms with van der Waals surface area (Å²) in [5, 5.41) is 0. The Morgan fingerprint density at radius 2 is 1.00 bits per heavy atom. The Morgan fingerprint density at radius 3 is 1.00 bits per heavy atom. The average Bonchev–Trinajstić information content (AvgIpc) is 0.811. The zero-order chi connectivity index (χ0) is 3.58. The predicted octanol–water partition coefficient (Wildman–Crippen LogP) is -0.738. The summed E-state index contributed by atoms with van der Waals surface area (Å²) in [6.45, 7) is 0. The van der Waals surface area contributed by atoms with Gasteiger partial charge < -0.3 is 4.90 Å². The molecular weight excluding hydrogens is 257 g/mol. The molecule has 0 fully saturated rings. The molecule has 5 heavy (non-hydrogen) atoms. The molecule has 32 valence electrons. The summed E-state index contributed by atoms with van der Waals surface area (Å²) in [6.07, 6.45) is 0. The summed E-state index contributed by atoms with van der Waals surface area (Å²) >= 11 is 0. The van der Waals surface area contributed by atoms with Crippen LogP contribution in [0.15, 0.2) is 0 Å². The molecule has 0 bridgehead atoms. The molecule has 0 spiro atoms. The summed E-state index contributed by atoms with van der Waals surface area (Å²) in [7, 11) is 6.00. The third kappa shape index (κ3) is 52.1. The van der Waals surface area contributed by atoms with Gasteiger partial charge in [0.1, 0.15) is 0 Å². The fraction of sp³-hybridized carbons (Fsp3) is 1.00. The second-order valence-electron chi connectivity index (χ2n) is 1.34. The van der Waals surface area contributed by atoms with Gasteiger partial charge >= 0.3 is 27.3 Å². The van der Waals surface area contributed by atoms with E-state index in [-0.39, 0.29) is 27.3 Å². The van der Waals surface area contributed by atoms with Crippen molar-refractivity contribution in [2.75, 3.05) is 21.1 Å². The summed E-state index contributed by atoms with van der Waals surface area (Å²) in [4.78, 5) is 2.00. The molecule has 0 rings (SSSR count). The van der Waals surface area contributed by atoms with Crippen LogP contribution < -0.4 is 0 Å². The van der Waals surface area contributed by atoms with Crippen LogP contribution in [0.2, 0.25) is 0 Å². The fourth-order valence-electron chi connectivity index (χ4n) is 0. The quantitative estimate of drug-likeness (QED) is 0.523. The van der Waals surface area contributed by atoms with Gasteiger partial charge in [0.15, 0.2) is 0 Å². The fourth-order valence-corrected chi connectivity index (χ4v) is 0. The molecule has 0 saturated heterocycles. The van der Waals surface area contributed by atoms with E-state index in [9.17, 15) is 0 Å². The van der Waals surface area contributed by atoms with Gasteiger partial charge in [0.05, 0.1) is 0 Å². The van der Waals surface area contributed by atoms with Crippen molar-refractivity contribution in [1.82, 2.24) is 4.90 Å². The Balaban J connectivity index is 0. The first-order valence-corrected chi connectivity index (χ1v) is 1.34. The predicted molar refractivity (Wildman–Crippen MR) is 28.2 cm³/mol. The van der Waals surface area contributed by atoms with Crippen LogP contribution in [0, 0.1) is 0 Å². The minimum atomic E-state index is 0. The molecule has 0 aliphatic rings. The second-order valence-corrected chi connectivity index (χ2v) is 1.34. The molecule has 0 atom stereocenters. The number of hydrogen-bond donors (Lipinski definition) is 0. The van der Waals surface area contributed by atoms with Gasteiger partial charge in [-0.3, -0.25) is 0 Å². The van der Waals surface area contributed by atoms with E-state index in [0.29, 0.717) is 0 Å². The van der Waals surface area contributed by atoms with Crippen molar-refractivity contribution in [3.63, 3.8) is 0 Å². The van der Waals surface area contributed by atoms with Gasteiger partial charge in [0.2, 0.25) is 0 Å². The molecule has 0 aliphatic carbocycles. The summed E-state index contributed by atoms with van der Waals surface area (Å²) in [5.74, 6) is 0. The maximum atomic E-state index is 2.00. The standard InChI is InChI=1S/C3H9N.Pb.2H/c1-4(2)3;;;/h1-3H3;;;. The Hall–Kier alpha value is 0.882. The van der Waals surface area contributed by atoms with Gasteiger partial charge in [-0.1, -0.05) is 0 Å². The molecule has 0 aromatic carbocycles. The SMILES string of the molecule is CN(C)C.[PbH2]. The van der Waals surface area contributed by atoms with Crippen LogP contribution in [-0.4, -0.2) is 53.3 Å². The van der Waals surface area contributed by atoms with Gasteiger partial charge in [-0.25, -0.2) is 0 Å². The van der Waals surface area contributed by atoms with Gasteiger partial charge in [-0.05, 0) is 21.1 Å². The molecule has 0 saturated carbocycles. The molecule has 0 amide bonds. The molecule has 0 N–H and O–H groups in total. The summed E-state index contributed by atoms with van der Waals surface area (Å²) < 4.78 is 0. The molecule has 0 aromatic rings. The van der Waals surface area contributed by atoms with Crippen LogP contribution in [0.4, 0.5) is 0 Å². The number of hydrogen-bond acceptors (Lipinski definition) is 1. The van der Waals surface area contributed by atoms with Crippen LogP contribution in [-0.2, 0) is 0 Å². The first-order valence-electron chi connectivity index (χ1n) is 1.34. The monoisotopic (exact) mass is 269 g/mol. The molecular formula is C3H11NPb. The van der Waals surface area contributed by atoms with E-state index in [1.807, 2.05) is 26.0 Å². The first-order chi connectivity index (χ1) is 1.73. The van der Waals surface area contributed by atoms with Gasteiger partial charge in [-0.15, -0.1) is 0 Å². The third-order valence-electron chi connectivity index (χ3n) is 0. The molecule has 2 heteroatoms. The van der Waals surface area contributed by atoms with E-state index in [2.05, 4.69) is 0 Å². The van der Waals surface area contributed by atoms with Gasteiger partial charge in [0, 0.05) is 0 Å². The Morgan fingerprint density at radius 1 is 1.00 bits per heavy atom. The summed E-state index contributed by atoms with van der Waals surface area (Å²) in [5.41, 5.74) is 0. The molecule has 1 nitrogen and oxygen atoms in total. The van der Waals surface area contributed by atoms with Crippen LogP contribution in [0.25, 0.3) is 0 Å². The second kappa shape index (κ2) is 4.88. The Bertz CT molecular complexity index is 11.6. The van der Waals surface area contributed by atoms with Crippen molar-refractivity contribution in [2.45, 2.75) is 0 Å². The van der Waals surface area contributed by atoms with E-state index in [1.165, 1.54) is 0 Å². The van der Waals surface area contributed by atoms with E-state index in [1.54, 1.807) is 0 Å². The van der Waals surface area contributed by atoms with Crippen molar-refractivity contribution in [3.05, 3.63) is 0 Å². The molecule has 0 aromatic heterocycles. The van der Waals surface area contributed by atoms with Crippen molar-refractivity contribution >= 4 is 27.3 Å². The minimum absolute atomic E-state index is 0. The third-order valence-corrected chi connectivity index (χ3v) is 0. The number of rotatable bonds is 0. The maximum absolute atomic E-state index is 2.00. The van der Waals surface area contributed by atoms with Gasteiger partial charge in [-0.2, -0.15) is 0 Å². The zero-order valence-electron chi connectivity index (χ0n) is 4.15. The van der Waals surface area contributed by atoms with Gasteiger partial charge in [0.25, 0.3) is 0 Å². The van der Waals surface area contributed by atoms with E-state index in [4.69, 9.17) is 0 Å². The molecule has 2 radical (unpaired) electrons. The normalized spacial score (nSPS) is 7.20. The number of nitrogens with zero attached hydrogens (tertiary/aromatic N) is 1. The van der Waals surface area contributed by atoms with Crippen LogP contribution >= 0.6 is 0 Å². The first kappa shape index (κ1) is 9.30. The zero-order valence-corrected chi connectivity index (χ0v) is 9.65. The van der Waals surface area contributed by atoms with Crippen molar-refractivity contribution in [3.8, 4) is 0 Å². The van der Waals surface area contributed by atoms with E-state index in [0.717, 1.165) is 0 Å². The van der Waals surface area contributed by atoms with Crippen molar-refractivity contribution in [1.29, 1.82) is 0 Å². The summed E-state index contributed by atoms with van der Waals surface area (Å²) in [6, 6.07) is 0.